The highest BCUT2D eigenvalue weighted by molar-refractivity contribution is 5.94. The van der Waals surface area contributed by atoms with Gasteiger partial charge in [0, 0.05) is 25.2 Å². The van der Waals surface area contributed by atoms with Crippen LogP contribution >= 0.6 is 0 Å². The second kappa shape index (κ2) is 11.7. The van der Waals surface area contributed by atoms with E-state index in [0.717, 1.165) is 17.7 Å². The molecule has 3 N–H and O–H groups in total. The number of benzene rings is 2. The molecule has 156 valence electrons. The van der Waals surface area contributed by atoms with Crippen molar-refractivity contribution in [3.63, 3.8) is 0 Å². The van der Waals surface area contributed by atoms with Gasteiger partial charge in [0.2, 0.25) is 0 Å². The average molecular weight is 397 g/mol. The number of nitrogens with one attached hydrogen (secondary N) is 3. The summed E-state index contributed by atoms with van der Waals surface area (Å²) in [7, 11) is 1.73. The van der Waals surface area contributed by atoms with Crippen LogP contribution in [-0.2, 0) is 6.54 Å². The number of guanidine groups is 1. The summed E-state index contributed by atoms with van der Waals surface area (Å²) in [5.74, 6) is 1.50. The highest BCUT2D eigenvalue weighted by atomic mass is 16.5. The van der Waals surface area contributed by atoms with Crippen LogP contribution in [0.1, 0.15) is 41.8 Å². The van der Waals surface area contributed by atoms with Crippen LogP contribution in [-0.4, -0.2) is 38.1 Å². The predicted molar refractivity (Wildman–Crippen MR) is 119 cm³/mol. The summed E-state index contributed by atoms with van der Waals surface area (Å²) >= 11 is 0. The molecular formula is C23H32N4O2. The van der Waals surface area contributed by atoms with Crippen molar-refractivity contribution in [1.29, 1.82) is 0 Å². The Hall–Kier alpha value is -3.02. The number of aliphatic imine (C=N–C) groups is 1. The van der Waals surface area contributed by atoms with Crippen LogP contribution in [0, 0.1) is 6.92 Å². The molecule has 0 aliphatic heterocycles. The number of nitrogens with zero attached hydrogens (tertiary/aromatic N) is 1. The molecular weight excluding hydrogens is 364 g/mol. The van der Waals surface area contributed by atoms with Crippen LogP contribution < -0.4 is 20.7 Å². The van der Waals surface area contributed by atoms with E-state index in [9.17, 15) is 4.79 Å². The zero-order valence-corrected chi connectivity index (χ0v) is 17.8. The molecule has 2 aromatic rings. The molecule has 0 heterocycles. The van der Waals surface area contributed by atoms with E-state index in [1.54, 1.807) is 7.05 Å². The van der Waals surface area contributed by atoms with Crippen molar-refractivity contribution in [3.8, 4) is 5.75 Å². The Bertz CT molecular complexity index is 803. The molecule has 6 heteroatoms. The number of carbonyl (C=O) groups excluding carboxylic acids is 1. The van der Waals surface area contributed by atoms with E-state index in [-0.39, 0.29) is 11.9 Å². The first kappa shape index (κ1) is 22.3. The molecule has 0 saturated heterocycles. The number of carbonyl (C=O) groups is 1. The molecule has 2 rings (SSSR count). The Morgan fingerprint density at radius 1 is 1.14 bits per heavy atom. The Labute approximate surface area is 173 Å². The van der Waals surface area contributed by atoms with E-state index in [2.05, 4.69) is 34.8 Å². The lowest BCUT2D eigenvalue weighted by atomic mass is 10.1. The van der Waals surface area contributed by atoms with Gasteiger partial charge >= 0.3 is 0 Å². The maximum Gasteiger partial charge on any atom is 0.251 e. The van der Waals surface area contributed by atoms with Crippen LogP contribution in [0.15, 0.2) is 53.5 Å². The summed E-state index contributed by atoms with van der Waals surface area (Å²) in [4.78, 5) is 16.5. The highest BCUT2D eigenvalue weighted by Gasteiger charge is 2.09. The number of hydrogen-bond acceptors (Lipinski definition) is 3. The maximum atomic E-state index is 12.3. The predicted octanol–water partition coefficient (Wildman–Crippen LogP) is 3.27. The van der Waals surface area contributed by atoms with E-state index in [0.29, 0.717) is 31.2 Å². The Kier molecular flexibility index (Phi) is 9.02. The fourth-order valence-electron chi connectivity index (χ4n) is 2.61. The Balaban J connectivity index is 1.77. The quantitative estimate of drug-likeness (QED) is 0.345. The third kappa shape index (κ3) is 7.86. The molecule has 0 spiro atoms. The Morgan fingerprint density at radius 2 is 1.90 bits per heavy atom. The van der Waals surface area contributed by atoms with Crippen LogP contribution in [0.4, 0.5) is 0 Å². The largest absolute Gasteiger partial charge is 0.492 e. The van der Waals surface area contributed by atoms with Gasteiger partial charge in [0.15, 0.2) is 5.96 Å². The molecule has 1 amide bonds. The van der Waals surface area contributed by atoms with E-state index < -0.39 is 0 Å². The fourth-order valence-corrected chi connectivity index (χ4v) is 2.61. The monoisotopic (exact) mass is 396 g/mol. The van der Waals surface area contributed by atoms with Crippen molar-refractivity contribution >= 4 is 11.9 Å². The molecule has 0 aliphatic rings. The second-order valence-electron chi connectivity index (χ2n) is 7.00. The van der Waals surface area contributed by atoms with Crippen molar-refractivity contribution in [3.05, 3.63) is 65.2 Å². The van der Waals surface area contributed by atoms with E-state index in [1.165, 1.54) is 5.56 Å². The van der Waals surface area contributed by atoms with Crippen molar-refractivity contribution < 1.29 is 9.53 Å². The molecule has 0 fully saturated rings. The van der Waals surface area contributed by atoms with Crippen molar-refractivity contribution in [2.45, 2.75) is 39.8 Å². The third-order valence-corrected chi connectivity index (χ3v) is 4.55. The summed E-state index contributed by atoms with van der Waals surface area (Å²) in [5, 5.41) is 9.48. The summed E-state index contributed by atoms with van der Waals surface area (Å²) in [5.41, 5.74) is 2.89. The lowest BCUT2D eigenvalue weighted by molar-refractivity contribution is 0.0939. The Morgan fingerprint density at radius 3 is 2.59 bits per heavy atom. The average Bonchev–Trinajstić information content (AvgIpc) is 2.74. The summed E-state index contributed by atoms with van der Waals surface area (Å²) in [6, 6.07) is 15.8. The number of amides is 1. The van der Waals surface area contributed by atoms with Gasteiger partial charge in [0.1, 0.15) is 12.4 Å². The maximum absolute atomic E-state index is 12.3. The van der Waals surface area contributed by atoms with Gasteiger partial charge in [0.05, 0.1) is 6.54 Å². The van der Waals surface area contributed by atoms with Gasteiger partial charge in [-0.2, -0.15) is 0 Å². The normalized spacial score (nSPS) is 12.2. The van der Waals surface area contributed by atoms with Gasteiger partial charge in [0.25, 0.3) is 5.91 Å². The minimum Gasteiger partial charge on any atom is -0.492 e. The van der Waals surface area contributed by atoms with E-state index in [4.69, 9.17) is 4.74 Å². The zero-order chi connectivity index (χ0) is 21.1. The molecule has 0 bridgehead atoms. The third-order valence-electron chi connectivity index (χ3n) is 4.55. The van der Waals surface area contributed by atoms with Gasteiger partial charge in [-0.05, 0) is 50.1 Å². The lowest BCUT2D eigenvalue weighted by Crippen LogP contribution is -2.39. The molecule has 0 aliphatic carbocycles. The smallest absolute Gasteiger partial charge is 0.251 e. The van der Waals surface area contributed by atoms with Crippen molar-refractivity contribution in [2.24, 2.45) is 4.99 Å². The van der Waals surface area contributed by atoms with Crippen LogP contribution in [0.3, 0.4) is 0 Å². The molecule has 29 heavy (non-hydrogen) atoms. The molecule has 0 radical (unpaired) electrons. The topological polar surface area (TPSA) is 74.8 Å². The summed E-state index contributed by atoms with van der Waals surface area (Å²) < 4.78 is 5.71. The molecule has 6 nitrogen and oxygen atoms in total. The standard InChI is InChI=1S/C23H32N4O2/c1-5-18(3)27-22(28)20-8-6-7-19(15-20)16-26-23(24-4)25-13-14-29-21-11-9-17(2)10-12-21/h6-12,15,18H,5,13-14,16H2,1-4H3,(H,27,28)(H2,24,25,26). The number of ether oxygens (including phenoxy) is 1. The minimum atomic E-state index is -0.0445. The molecule has 1 unspecified atom stereocenters. The van der Waals surface area contributed by atoms with E-state index in [1.807, 2.05) is 55.5 Å². The van der Waals surface area contributed by atoms with Gasteiger partial charge in [-0.15, -0.1) is 0 Å². The van der Waals surface area contributed by atoms with Crippen LogP contribution in [0.5, 0.6) is 5.75 Å². The summed E-state index contributed by atoms with van der Waals surface area (Å²) in [6.45, 7) is 7.84. The van der Waals surface area contributed by atoms with Gasteiger partial charge in [-0.25, -0.2) is 0 Å². The number of rotatable bonds is 9. The van der Waals surface area contributed by atoms with Gasteiger partial charge in [-0.1, -0.05) is 36.8 Å². The first-order valence-corrected chi connectivity index (χ1v) is 10.1. The van der Waals surface area contributed by atoms with E-state index >= 15 is 0 Å². The SMILES string of the molecule is CCC(C)NC(=O)c1cccc(CNC(=NC)NCCOc2ccc(C)cc2)c1. The summed E-state index contributed by atoms with van der Waals surface area (Å²) in [6.07, 6.45) is 0.905. The lowest BCUT2D eigenvalue weighted by Gasteiger charge is -2.14. The second-order valence-corrected chi connectivity index (χ2v) is 7.00. The van der Waals surface area contributed by atoms with Gasteiger partial charge < -0.3 is 20.7 Å². The van der Waals surface area contributed by atoms with Crippen molar-refractivity contribution in [2.75, 3.05) is 20.2 Å². The van der Waals surface area contributed by atoms with Crippen molar-refractivity contribution in [1.82, 2.24) is 16.0 Å². The molecule has 0 saturated carbocycles. The van der Waals surface area contributed by atoms with Crippen LogP contribution in [0.2, 0.25) is 0 Å². The zero-order valence-electron chi connectivity index (χ0n) is 17.8. The molecule has 2 aromatic carbocycles. The van der Waals surface area contributed by atoms with Gasteiger partial charge in [-0.3, -0.25) is 9.79 Å². The minimum absolute atomic E-state index is 0.0445. The molecule has 1 atom stereocenters. The number of aryl methyl sites for hydroxylation is 1. The fraction of sp³-hybridized carbons (Fsp3) is 0.391. The van der Waals surface area contributed by atoms with Crippen LogP contribution in [0.25, 0.3) is 0 Å². The first-order chi connectivity index (χ1) is 14.0. The highest BCUT2D eigenvalue weighted by Crippen LogP contribution is 2.10. The first-order valence-electron chi connectivity index (χ1n) is 10.1. The number of hydrogen-bond donors (Lipinski definition) is 3. The molecule has 0 aromatic heterocycles.